The third-order valence-corrected chi connectivity index (χ3v) is 5.54. The molecule has 0 spiro atoms. The molecule has 1 aromatic heterocycles. The second kappa shape index (κ2) is 10.2. The van der Waals surface area contributed by atoms with Gasteiger partial charge in [-0.3, -0.25) is 9.89 Å². The Morgan fingerprint density at radius 2 is 2.03 bits per heavy atom. The van der Waals surface area contributed by atoms with Gasteiger partial charge in [0.1, 0.15) is 6.61 Å². The van der Waals surface area contributed by atoms with Gasteiger partial charge >= 0.3 is 0 Å². The first-order chi connectivity index (χ1) is 15.2. The molecule has 0 aliphatic heterocycles. The molecule has 0 fully saturated rings. The van der Waals surface area contributed by atoms with E-state index in [1.165, 1.54) is 6.21 Å². The van der Waals surface area contributed by atoms with Gasteiger partial charge in [-0.05, 0) is 45.8 Å². The summed E-state index contributed by atoms with van der Waals surface area (Å²) >= 11 is 9.71. The molecule has 9 heteroatoms. The molecule has 1 amide bonds. The lowest BCUT2D eigenvalue weighted by atomic mass is 9.92. The summed E-state index contributed by atoms with van der Waals surface area (Å²) in [6.07, 6.45) is 1.51. The Labute approximate surface area is 200 Å². The maximum absolute atomic E-state index is 12.3. The number of nitrogens with zero attached hydrogens (tertiary/aromatic N) is 2. The predicted octanol–water partition coefficient (Wildman–Crippen LogP) is 5.47. The van der Waals surface area contributed by atoms with Crippen LogP contribution in [0.5, 0.6) is 11.5 Å². The number of amides is 1. The number of benzene rings is 2. The second-order valence-electron chi connectivity index (χ2n) is 8.03. The van der Waals surface area contributed by atoms with Crippen molar-refractivity contribution in [2.45, 2.75) is 32.8 Å². The van der Waals surface area contributed by atoms with E-state index in [2.05, 4.69) is 36.7 Å². The molecule has 2 N–H and O–H groups in total. The molecule has 0 bridgehead atoms. The second-order valence-corrected chi connectivity index (χ2v) is 9.29. The Morgan fingerprint density at radius 3 is 2.69 bits per heavy atom. The van der Waals surface area contributed by atoms with Crippen molar-refractivity contribution in [1.29, 1.82) is 0 Å². The van der Waals surface area contributed by atoms with E-state index >= 15 is 0 Å². The minimum absolute atomic E-state index is 0.132. The summed E-state index contributed by atoms with van der Waals surface area (Å²) in [5.74, 6) is 0.653. The number of methoxy groups -OCH3 is 1. The molecule has 0 radical (unpaired) electrons. The lowest BCUT2D eigenvalue weighted by Crippen LogP contribution is -2.18. The van der Waals surface area contributed by atoms with Crippen LogP contribution in [0.15, 0.2) is 52.0 Å². The lowest BCUT2D eigenvalue weighted by Gasteiger charge is -2.14. The monoisotopic (exact) mass is 518 g/mol. The Kier molecular flexibility index (Phi) is 7.58. The number of carbonyl (C=O) groups is 1. The summed E-state index contributed by atoms with van der Waals surface area (Å²) < 4.78 is 12.1. The number of carbonyl (C=O) groups excluding carboxylic acids is 1. The molecule has 168 valence electrons. The van der Waals surface area contributed by atoms with E-state index in [-0.39, 0.29) is 11.1 Å². The average Bonchev–Trinajstić information content (AvgIpc) is 3.25. The number of aromatic amines is 1. The maximum Gasteiger partial charge on any atom is 0.291 e. The van der Waals surface area contributed by atoms with Crippen LogP contribution in [0.25, 0.3) is 0 Å². The summed E-state index contributed by atoms with van der Waals surface area (Å²) in [4.78, 5) is 12.3. The van der Waals surface area contributed by atoms with E-state index in [0.717, 1.165) is 11.3 Å². The van der Waals surface area contributed by atoms with Crippen molar-refractivity contribution in [2.24, 2.45) is 5.10 Å². The molecule has 7 nitrogen and oxygen atoms in total. The van der Waals surface area contributed by atoms with Crippen LogP contribution in [0.4, 0.5) is 0 Å². The molecule has 32 heavy (non-hydrogen) atoms. The highest BCUT2D eigenvalue weighted by molar-refractivity contribution is 9.10. The van der Waals surface area contributed by atoms with Crippen LogP contribution >= 0.6 is 27.5 Å². The van der Waals surface area contributed by atoms with E-state index in [1.54, 1.807) is 19.2 Å². The number of H-pyrrole nitrogens is 1. The van der Waals surface area contributed by atoms with Gasteiger partial charge in [0.2, 0.25) is 0 Å². The molecule has 0 aliphatic carbocycles. The number of hydrazone groups is 1. The molecule has 0 aliphatic rings. The summed E-state index contributed by atoms with van der Waals surface area (Å²) in [7, 11) is 1.55. The minimum atomic E-state index is -0.404. The van der Waals surface area contributed by atoms with Crippen molar-refractivity contribution in [1.82, 2.24) is 15.6 Å². The van der Waals surface area contributed by atoms with Gasteiger partial charge in [0.25, 0.3) is 5.91 Å². The van der Waals surface area contributed by atoms with Crippen molar-refractivity contribution in [3.63, 3.8) is 0 Å². The zero-order chi connectivity index (χ0) is 23.3. The fraction of sp³-hybridized carbons (Fsp3) is 0.261. The Morgan fingerprint density at radius 1 is 1.28 bits per heavy atom. The van der Waals surface area contributed by atoms with Crippen molar-refractivity contribution >= 4 is 39.7 Å². The largest absolute Gasteiger partial charge is 0.493 e. The summed E-state index contributed by atoms with van der Waals surface area (Å²) in [6.45, 7) is 6.40. The van der Waals surface area contributed by atoms with E-state index in [0.29, 0.717) is 33.2 Å². The van der Waals surface area contributed by atoms with Crippen molar-refractivity contribution < 1.29 is 14.3 Å². The highest BCUT2D eigenvalue weighted by Gasteiger charge is 2.19. The standard InChI is InChI=1S/C23H24BrClN4O3/c1-23(2,3)20-11-18(27-28-20)22(30)29-26-12-14-9-16(24)21(19(10-14)31-4)32-13-15-7-5-6-8-17(15)25/h5-12H,13H2,1-4H3,(H,27,28)(H,29,30)/b26-12+. The van der Waals surface area contributed by atoms with E-state index in [9.17, 15) is 4.79 Å². The van der Waals surface area contributed by atoms with Crippen LogP contribution in [-0.4, -0.2) is 29.4 Å². The van der Waals surface area contributed by atoms with E-state index < -0.39 is 5.91 Å². The summed E-state index contributed by atoms with van der Waals surface area (Å²) in [5.41, 5.74) is 5.06. The zero-order valence-corrected chi connectivity index (χ0v) is 20.5. The molecule has 0 unspecified atom stereocenters. The predicted molar refractivity (Wildman–Crippen MR) is 129 cm³/mol. The molecule has 3 aromatic rings. The highest BCUT2D eigenvalue weighted by atomic mass is 79.9. The van der Waals surface area contributed by atoms with Crippen LogP contribution in [-0.2, 0) is 12.0 Å². The van der Waals surface area contributed by atoms with Crippen molar-refractivity contribution in [3.8, 4) is 11.5 Å². The fourth-order valence-corrected chi connectivity index (χ4v) is 3.53. The molecule has 1 heterocycles. The first kappa shape index (κ1) is 23.8. The Bertz CT molecular complexity index is 1140. The maximum atomic E-state index is 12.3. The first-order valence-electron chi connectivity index (χ1n) is 9.82. The third kappa shape index (κ3) is 5.89. The molecule has 2 aromatic carbocycles. The van der Waals surface area contributed by atoms with Crippen molar-refractivity contribution in [3.05, 3.63) is 74.5 Å². The van der Waals surface area contributed by atoms with Gasteiger partial charge in [-0.15, -0.1) is 0 Å². The van der Waals surface area contributed by atoms with Gasteiger partial charge in [-0.25, -0.2) is 5.43 Å². The van der Waals surface area contributed by atoms with Gasteiger partial charge < -0.3 is 9.47 Å². The molecule has 0 saturated heterocycles. The minimum Gasteiger partial charge on any atom is -0.493 e. The number of halogens is 2. The van der Waals surface area contributed by atoms with Crippen LogP contribution in [0.2, 0.25) is 5.02 Å². The summed E-state index contributed by atoms with van der Waals surface area (Å²) in [5, 5.41) is 11.6. The average molecular weight is 520 g/mol. The zero-order valence-electron chi connectivity index (χ0n) is 18.2. The quantitative estimate of drug-likeness (QED) is 0.320. The number of hydrogen-bond acceptors (Lipinski definition) is 5. The molecule has 3 rings (SSSR count). The van der Waals surface area contributed by atoms with Crippen molar-refractivity contribution in [2.75, 3.05) is 7.11 Å². The molecular weight excluding hydrogens is 496 g/mol. The summed E-state index contributed by atoms with van der Waals surface area (Å²) in [6, 6.07) is 12.8. The molecule has 0 atom stereocenters. The Hall–Kier alpha value is -2.84. The lowest BCUT2D eigenvalue weighted by molar-refractivity contribution is 0.0950. The SMILES string of the molecule is COc1cc(/C=N/NC(=O)c2cc(C(C)(C)C)[nH]n2)cc(Br)c1OCc1ccccc1Cl. The number of nitrogens with one attached hydrogen (secondary N) is 2. The number of hydrogen-bond donors (Lipinski definition) is 2. The third-order valence-electron chi connectivity index (χ3n) is 4.58. The van der Waals surface area contributed by atoms with Crippen LogP contribution in [0.1, 0.15) is 48.1 Å². The van der Waals surface area contributed by atoms with E-state index in [4.69, 9.17) is 21.1 Å². The fourth-order valence-electron chi connectivity index (χ4n) is 2.76. The Balaban J connectivity index is 1.68. The number of ether oxygens (including phenoxy) is 2. The first-order valence-corrected chi connectivity index (χ1v) is 11.0. The van der Waals surface area contributed by atoms with E-state index in [1.807, 2.05) is 51.1 Å². The highest BCUT2D eigenvalue weighted by Crippen LogP contribution is 2.37. The van der Waals surface area contributed by atoms with Crippen LogP contribution in [0, 0.1) is 0 Å². The smallest absolute Gasteiger partial charge is 0.291 e. The van der Waals surface area contributed by atoms with Gasteiger partial charge in [0, 0.05) is 21.7 Å². The topological polar surface area (TPSA) is 88.6 Å². The molecule has 0 saturated carbocycles. The van der Waals surface area contributed by atoms with Gasteiger partial charge in [0.05, 0.1) is 17.8 Å². The number of rotatable bonds is 7. The van der Waals surface area contributed by atoms with Gasteiger partial charge in [0.15, 0.2) is 17.2 Å². The van der Waals surface area contributed by atoms with Crippen LogP contribution in [0.3, 0.4) is 0 Å². The van der Waals surface area contributed by atoms with Gasteiger partial charge in [-0.1, -0.05) is 50.6 Å². The molecular formula is C23H24BrClN4O3. The van der Waals surface area contributed by atoms with Gasteiger partial charge in [-0.2, -0.15) is 10.2 Å². The van der Waals surface area contributed by atoms with Crippen LogP contribution < -0.4 is 14.9 Å². The normalized spacial score (nSPS) is 11.6. The number of aromatic nitrogens is 2.